The van der Waals surface area contributed by atoms with E-state index < -0.39 is 0 Å². The van der Waals surface area contributed by atoms with Gasteiger partial charge in [0.25, 0.3) is 0 Å². The molecule has 1 heterocycles. The van der Waals surface area contributed by atoms with Gasteiger partial charge < -0.3 is 0 Å². The summed E-state index contributed by atoms with van der Waals surface area (Å²) in [4.78, 5) is 2.43. The largest absolute Gasteiger partial charge is 0.299 e. The SMILES string of the molecule is CN1CC[C@H](c2ccccc2)[C@H]1C=Cc1cccc(Cl)c1. The van der Waals surface area contributed by atoms with Gasteiger partial charge in [0.05, 0.1) is 0 Å². The molecule has 0 aromatic heterocycles. The first-order valence-electron chi connectivity index (χ1n) is 7.43. The Hall–Kier alpha value is -1.57. The fourth-order valence-electron chi connectivity index (χ4n) is 3.13. The van der Waals surface area contributed by atoms with Gasteiger partial charge in [0, 0.05) is 17.0 Å². The molecule has 1 aliphatic rings. The molecule has 2 atom stereocenters. The van der Waals surface area contributed by atoms with Crippen molar-refractivity contribution in [3.8, 4) is 0 Å². The van der Waals surface area contributed by atoms with Gasteiger partial charge in [-0.05, 0) is 43.3 Å². The van der Waals surface area contributed by atoms with Crippen molar-refractivity contribution in [3.05, 3.63) is 76.8 Å². The quantitative estimate of drug-likeness (QED) is 0.783. The van der Waals surface area contributed by atoms with Crippen LogP contribution in [-0.2, 0) is 0 Å². The maximum atomic E-state index is 6.05. The molecule has 1 fully saturated rings. The summed E-state index contributed by atoms with van der Waals surface area (Å²) in [5.41, 5.74) is 2.59. The first kappa shape index (κ1) is 14.4. The lowest BCUT2D eigenvalue weighted by molar-refractivity contribution is 0.347. The molecule has 0 aliphatic carbocycles. The van der Waals surface area contributed by atoms with Gasteiger partial charge in [-0.25, -0.2) is 0 Å². The lowest BCUT2D eigenvalue weighted by Crippen LogP contribution is -2.26. The van der Waals surface area contributed by atoms with Crippen molar-refractivity contribution in [3.63, 3.8) is 0 Å². The highest BCUT2D eigenvalue weighted by atomic mass is 35.5. The minimum absolute atomic E-state index is 0.450. The Morgan fingerprint density at radius 3 is 2.67 bits per heavy atom. The summed E-state index contributed by atoms with van der Waals surface area (Å²) in [5.74, 6) is 0.576. The van der Waals surface area contributed by atoms with E-state index in [1.54, 1.807) is 0 Å². The van der Waals surface area contributed by atoms with Crippen LogP contribution in [0, 0.1) is 0 Å². The number of hydrogen-bond donors (Lipinski definition) is 0. The Labute approximate surface area is 131 Å². The number of benzene rings is 2. The summed E-state index contributed by atoms with van der Waals surface area (Å²) < 4.78 is 0. The van der Waals surface area contributed by atoms with Gasteiger partial charge in [-0.2, -0.15) is 0 Å². The van der Waals surface area contributed by atoms with E-state index in [0.717, 1.165) is 17.1 Å². The van der Waals surface area contributed by atoms with Crippen molar-refractivity contribution in [1.29, 1.82) is 0 Å². The summed E-state index contributed by atoms with van der Waals surface area (Å²) >= 11 is 6.05. The highest BCUT2D eigenvalue weighted by Crippen LogP contribution is 2.33. The number of likely N-dealkylation sites (N-methyl/N-ethyl adjacent to an activating group) is 1. The maximum Gasteiger partial charge on any atom is 0.0411 e. The van der Waals surface area contributed by atoms with Gasteiger partial charge in [0.2, 0.25) is 0 Å². The number of rotatable bonds is 3. The van der Waals surface area contributed by atoms with E-state index in [-0.39, 0.29) is 0 Å². The Balaban J connectivity index is 1.82. The fourth-order valence-corrected chi connectivity index (χ4v) is 3.33. The van der Waals surface area contributed by atoms with Gasteiger partial charge in [-0.1, -0.05) is 66.2 Å². The third-order valence-electron chi connectivity index (χ3n) is 4.28. The molecule has 0 N–H and O–H groups in total. The molecule has 2 heteroatoms. The van der Waals surface area contributed by atoms with Crippen molar-refractivity contribution >= 4 is 17.7 Å². The number of hydrogen-bond acceptors (Lipinski definition) is 1. The average molecular weight is 298 g/mol. The second-order valence-electron chi connectivity index (χ2n) is 5.69. The molecule has 1 nitrogen and oxygen atoms in total. The summed E-state index contributed by atoms with van der Waals surface area (Å²) in [5, 5.41) is 0.788. The lowest BCUT2D eigenvalue weighted by atomic mass is 9.91. The Morgan fingerprint density at radius 2 is 1.90 bits per heavy atom. The zero-order valence-corrected chi connectivity index (χ0v) is 13.0. The molecule has 0 bridgehead atoms. The van der Waals surface area contributed by atoms with Crippen LogP contribution in [0.15, 0.2) is 60.7 Å². The van der Waals surface area contributed by atoms with Gasteiger partial charge in [-0.15, -0.1) is 0 Å². The van der Waals surface area contributed by atoms with E-state index in [1.807, 2.05) is 18.2 Å². The predicted octanol–water partition coefficient (Wildman–Crippen LogP) is 4.84. The third-order valence-corrected chi connectivity index (χ3v) is 4.51. The molecule has 1 aliphatic heterocycles. The number of likely N-dealkylation sites (tertiary alicyclic amines) is 1. The van der Waals surface area contributed by atoms with E-state index in [9.17, 15) is 0 Å². The van der Waals surface area contributed by atoms with Crippen molar-refractivity contribution < 1.29 is 0 Å². The fraction of sp³-hybridized carbons (Fsp3) is 0.263. The summed E-state index contributed by atoms with van der Waals surface area (Å²) in [6.45, 7) is 1.14. The highest BCUT2D eigenvalue weighted by Gasteiger charge is 2.30. The topological polar surface area (TPSA) is 3.24 Å². The van der Waals surface area contributed by atoms with Crippen molar-refractivity contribution in [2.24, 2.45) is 0 Å². The first-order valence-corrected chi connectivity index (χ1v) is 7.81. The summed E-state index contributed by atoms with van der Waals surface area (Å²) in [7, 11) is 2.20. The molecule has 2 aromatic rings. The van der Waals surface area contributed by atoms with Gasteiger partial charge in [0.1, 0.15) is 0 Å². The van der Waals surface area contributed by atoms with Crippen LogP contribution in [0.25, 0.3) is 6.08 Å². The minimum Gasteiger partial charge on any atom is -0.299 e. The normalized spacial score (nSPS) is 23.0. The highest BCUT2D eigenvalue weighted by molar-refractivity contribution is 6.30. The van der Waals surface area contributed by atoms with Crippen LogP contribution in [-0.4, -0.2) is 24.5 Å². The molecule has 3 rings (SSSR count). The van der Waals surface area contributed by atoms with E-state index in [0.29, 0.717) is 12.0 Å². The van der Waals surface area contributed by atoms with Gasteiger partial charge in [0.15, 0.2) is 0 Å². The van der Waals surface area contributed by atoms with Crippen LogP contribution in [0.4, 0.5) is 0 Å². The van der Waals surface area contributed by atoms with Crippen LogP contribution in [0.3, 0.4) is 0 Å². The third kappa shape index (κ3) is 3.37. The van der Waals surface area contributed by atoms with E-state index in [4.69, 9.17) is 11.6 Å². The summed E-state index contributed by atoms with van der Waals surface area (Å²) in [6.07, 6.45) is 5.72. The Bertz CT molecular complexity index is 620. The van der Waals surface area contributed by atoms with Gasteiger partial charge in [-0.3, -0.25) is 4.90 Å². The predicted molar refractivity (Wildman–Crippen MR) is 90.7 cm³/mol. The molecular formula is C19H20ClN. The van der Waals surface area contributed by atoms with E-state index in [2.05, 4.69) is 60.5 Å². The van der Waals surface area contributed by atoms with Crippen LogP contribution >= 0.6 is 11.6 Å². The second kappa shape index (κ2) is 6.46. The van der Waals surface area contributed by atoms with E-state index in [1.165, 1.54) is 12.0 Å². The number of nitrogens with zero attached hydrogens (tertiary/aromatic N) is 1. The molecule has 0 unspecified atom stereocenters. The Morgan fingerprint density at radius 1 is 1.10 bits per heavy atom. The molecule has 1 saturated heterocycles. The molecule has 2 aromatic carbocycles. The molecule has 0 saturated carbocycles. The van der Waals surface area contributed by atoms with Crippen molar-refractivity contribution in [2.75, 3.05) is 13.6 Å². The monoisotopic (exact) mass is 297 g/mol. The Kier molecular flexibility index (Phi) is 4.42. The maximum absolute atomic E-state index is 6.05. The van der Waals surface area contributed by atoms with Crippen LogP contribution in [0.5, 0.6) is 0 Å². The lowest BCUT2D eigenvalue weighted by Gasteiger charge is -2.22. The van der Waals surface area contributed by atoms with Crippen LogP contribution < -0.4 is 0 Å². The second-order valence-corrected chi connectivity index (χ2v) is 6.13. The molecule has 0 spiro atoms. The smallest absolute Gasteiger partial charge is 0.0411 e. The molecule has 108 valence electrons. The van der Waals surface area contributed by atoms with Crippen molar-refractivity contribution in [1.82, 2.24) is 4.90 Å². The minimum atomic E-state index is 0.450. The average Bonchev–Trinajstić information content (AvgIpc) is 2.87. The van der Waals surface area contributed by atoms with Gasteiger partial charge >= 0.3 is 0 Å². The zero-order chi connectivity index (χ0) is 14.7. The first-order chi connectivity index (χ1) is 10.2. The summed E-state index contributed by atoms with van der Waals surface area (Å²) in [6, 6.07) is 19.3. The van der Waals surface area contributed by atoms with E-state index >= 15 is 0 Å². The van der Waals surface area contributed by atoms with Crippen LogP contribution in [0.1, 0.15) is 23.5 Å². The zero-order valence-electron chi connectivity index (χ0n) is 12.2. The molecule has 21 heavy (non-hydrogen) atoms. The van der Waals surface area contributed by atoms with Crippen LogP contribution in [0.2, 0.25) is 5.02 Å². The van der Waals surface area contributed by atoms with Crippen molar-refractivity contribution in [2.45, 2.75) is 18.4 Å². The molecule has 0 amide bonds. The standard InChI is InChI=1S/C19H20ClN/c1-21-13-12-18(16-7-3-2-4-8-16)19(21)11-10-15-6-5-9-17(20)14-15/h2-11,14,18-19H,12-13H2,1H3/t18-,19-/m1/s1. The number of halogens is 1. The molecular weight excluding hydrogens is 278 g/mol. The molecule has 0 radical (unpaired) electrons.